The van der Waals surface area contributed by atoms with E-state index in [9.17, 15) is 13.2 Å². The maximum absolute atomic E-state index is 12.8. The van der Waals surface area contributed by atoms with Gasteiger partial charge in [-0.1, -0.05) is 38.3 Å². The zero-order valence-electron chi connectivity index (χ0n) is 14.3. The average molecular weight is 353 g/mol. The number of anilines is 1. The molecule has 1 aromatic carbocycles. The lowest BCUT2D eigenvalue weighted by molar-refractivity contribution is 0.252. The molecular formula is C17H27N3O3S. The van der Waals surface area contributed by atoms with Crippen molar-refractivity contribution < 1.29 is 13.2 Å². The Morgan fingerprint density at radius 3 is 2.54 bits per heavy atom. The van der Waals surface area contributed by atoms with Gasteiger partial charge in [-0.2, -0.15) is 4.31 Å². The van der Waals surface area contributed by atoms with Crippen LogP contribution >= 0.6 is 0 Å². The van der Waals surface area contributed by atoms with E-state index in [4.69, 9.17) is 0 Å². The second kappa shape index (κ2) is 9.03. The molecule has 0 spiro atoms. The first kappa shape index (κ1) is 18.7. The summed E-state index contributed by atoms with van der Waals surface area (Å²) in [5.41, 5.74) is 0.330. The van der Waals surface area contributed by atoms with E-state index in [1.165, 1.54) is 4.31 Å². The Labute approximate surface area is 144 Å². The quantitative estimate of drug-likeness (QED) is 0.739. The summed E-state index contributed by atoms with van der Waals surface area (Å²) >= 11 is 0. The van der Waals surface area contributed by atoms with Crippen LogP contribution in [0, 0.1) is 0 Å². The van der Waals surface area contributed by atoms with Gasteiger partial charge in [-0.15, -0.1) is 0 Å². The number of unbranched alkanes of at least 4 members (excludes halogenated alkanes) is 2. The molecule has 6 nitrogen and oxygen atoms in total. The Hall–Kier alpha value is -1.60. The van der Waals surface area contributed by atoms with Crippen LogP contribution in [-0.4, -0.2) is 38.4 Å². The van der Waals surface area contributed by atoms with Crippen LogP contribution in [0.25, 0.3) is 0 Å². The number of nitrogens with zero attached hydrogens (tertiary/aromatic N) is 1. The zero-order chi connectivity index (χ0) is 17.4. The van der Waals surface area contributed by atoms with Crippen molar-refractivity contribution in [2.75, 3.05) is 25.0 Å². The van der Waals surface area contributed by atoms with E-state index in [1.807, 2.05) is 0 Å². The summed E-state index contributed by atoms with van der Waals surface area (Å²) in [6.07, 6.45) is 5.88. The second-order valence-electron chi connectivity index (χ2n) is 6.05. The van der Waals surface area contributed by atoms with Gasteiger partial charge in [0.25, 0.3) is 0 Å². The Morgan fingerprint density at radius 1 is 1.12 bits per heavy atom. The third-order valence-electron chi connectivity index (χ3n) is 4.13. The van der Waals surface area contributed by atoms with Gasteiger partial charge in [-0.05, 0) is 31.4 Å². The lowest BCUT2D eigenvalue weighted by atomic mass is 10.2. The number of para-hydroxylation sites is 1. The Kier molecular flexibility index (Phi) is 7.05. The van der Waals surface area contributed by atoms with Crippen LogP contribution in [0.1, 0.15) is 45.4 Å². The molecule has 7 heteroatoms. The van der Waals surface area contributed by atoms with Gasteiger partial charge in [-0.25, -0.2) is 13.2 Å². The smallest absolute Gasteiger partial charge is 0.319 e. The number of sulfonamides is 1. The number of benzene rings is 1. The molecule has 1 saturated heterocycles. The minimum absolute atomic E-state index is 0.163. The fourth-order valence-corrected chi connectivity index (χ4v) is 4.45. The Morgan fingerprint density at radius 2 is 1.83 bits per heavy atom. The molecule has 0 atom stereocenters. The highest BCUT2D eigenvalue weighted by Gasteiger charge is 2.28. The first-order valence-corrected chi connectivity index (χ1v) is 10.1. The molecule has 2 N–H and O–H groups in total. The maximum atomic E-state index is 12.8. The maximum Gasteiger partial charge on any atom is 0.319 e. The summed E-state index contributed by atoms with van der Waals surface area (Å²) < 4.78 is 27.2. The van der Waals surface area contributed by atoms with E-state index in [2.05, 4.69) is 17.6 Å². The minimum Gasteiger partial charge on any atom is -0.338 e. The van der Waals surface area contributed by atoms with E-state index < -0.39 is 10.0 Å². The lowest BCUT2D eigenvalue weighted by Gasteiger charge is -2.26. The summed E-state index contributed by atoms with van der Waals surface area (Å²) in [5.74, 6) is 0. The van der Waals surface area contributed by atoms with E-state index in [1.54, 1.807) is 24.3 Å². The molecule has 134 valence electrons. The predicted octanol–water partition coefficient (Wildman–Crippen LogP) is 3.17. The summed E-state index contributed by atoms with van der Waals surface area (Å²) in [4.78, 5) is 12.2. The van der Waals surface area contributed by atoms with Crippen LogP contribution < -0.4 is 10.6 Å². The molecule has 2 rings (SSSR count). The van der Waals surface area contributed by atoms with Gasteiger partial charge in [0.2, 0.25) is 10.0 Å². The van der Waals surface area contributed by atoms with Crippen LogP contribution in [0.5, 0.6) is 0 Å². The molecule has 0 unspecified atom stereocenters. The third-order valence-corrected chi connectivity index (χ3v) is 6.09. The van der Waals surface area contributed by atoms with E-state index in [-0.39, 0.29) is 10.9 Å². The summed E-state index contributed by atoms with van der Waals surface area (Å²) in [5, 5.41) is 5.44. The molecule has 1 aliphatic heterocycles. The molecule has 0 saturated carbocycles. The van der Waals surface area contributed by atoms with Crippen LogP contribution in [0.15, 0.2) is 29.2 Å². The fourth-order valence-electron chi connectivity index (χ4n) is 2.78. The molecule has 1 fully saturated rings. The van der Waals surface area contributed by atoms with Gasteiger partial charge in [0.1, 0.15) is 4.90 Å². The minimum atomic E-state index is -3.58. The van der Waals surface area contributed by atoms with Crippen molar-refractivity contribution in [3.8, 4) is 0 Å². The molecule has 0 bridgehead atoms. The highest BCUT2D eigenvalue weighted by molar-refractivity contribution is 7.89. The van der Waals surface area contributed by atoms with Crippen LogP contribution in [0.2, 0.25) is 0 Å². The average Bonchev–Trinajstić information content (AvgIpc) is 2.60. The Bertz CT molecular complexity index is 640. The molecular weight excluding hydrogens is 326 g/mol. The molecule has 1 aliphatic rings. The van der Waals surface area contributed by atoms with Gasteiger partial charge in [0, 0.05) is 19.6 Å². The highest BCUT2D eigenvalue weighted by Crippen LogP contribution is 2.26. The Balaban J connectivity index is 2.08. The fraction of sp³-hybridized carbons (Fsp3) is 0.588. The number of carbonyl (C=O) groups is 1. The summed E-state index contributed by atoms with van der Waals surface area (Å²) in [7, 11) is -3.58. The van der Waals surface area contributed by atoms with Crippen molar-refractivity contribution in [1.29, 1.82) is 0 Å². The third kappa shape index (κ3) is 4.95. The molecule has 24 heavy (non-hydrogen) atoms. The predicted molar refractivity (Wildman–Crippen MR) is 95.6 cm³/mol. The van der Waals surface area contributed by atoms with Crippen LogP contribution in [-0.2, 0) is 10.0 Å². The lowest BCUT2D eigenvalue weighted by Crippen LogP contribution is -2.36. The van der Waals surface area contributed by atoms with Crippen molar-refractivity contribution >= 4 is 21.7 Å². The van der Waals surface area contributed by atoms with Gasteiger partial charge < -0.3 is 10.6 Å². The molecule has 1 heterocycles. The highest BCUT2D eigenvalue weighted by atomic mass is 32.2. The number of hydrogen-bond donors (Lipinski definition) is 2. The topological polar surface area (TPSA) is 78.5 Å². The van der Waals surface area contributed by atoms with Gasteiger partial charge in [-0.3, -0.25) is 0 Å². The monoisotopic (exact) mass is 353 g/mol. The number of piperidine rings is 1. The molecule has 0 aliphatic carbocycles. The SMILES string of the molecule is CCCCCNC(=O)Nc1ccccc1S(=O)(=O)N1CCCCC1. The molecule has 2 amide bonds. The van der Waals surface area contributed by atoms with Gasteiger partial charge in [0.05, 0.1) is 5.69 Å². The van der Waals surface area contributed by atoms with Crippen molar-refractivity contribution in [2.24, 2.45) is 0 Å². The summed E-state index contributed by atoms with van der Waals surface area (Å²) in [6, 6.07) is 6.22. The standard InChI is InChI=1S/C17H27N3O3S/c1-2-3-7-12-18-17(21)19-15-10-5-6-11-16(15)24(22,23)20-13-8-4-9-14-20/h5-6,10-11H,2-4,7-9,12-14H2,1H3,(H2,18,19,21). The zero-order valence-corrected chi connectivity index (χ0v) is 15.1. The molecule has 0 aromatic heterocycles. The van der Waals surface area contributed by atoms with Crippen LogP contribution in [0.3, 0.4) is 0 Å². The number of rotatable bonds is 7. The number of hydrogen-bond acceptors (Lipinski definition) is 3. The first-order valence-electron chi connectivity index (χ1n) is 8.69. The number of amides is 2. The van der Waals surface area contributed by atoms with Crippen molar-refractivity contribution in [3.63, 3.8) is 0 Å². The number of carbonyl (C=O) groups excluding carboxylic acids is 1. The van der Waals surface area contributed by atoms with E-state index >= 15 is 0 Å². The largest absolute Gasteiger partial charge is 0.338 e. The second-order valence-corrected chi connectivity index (χ2v) is 7.96. The molecule has 1 aromatic rings. The van der Waals surface area contributed by atoms with Crippen molar-refractivity contribution in [2.45, 2.75) is 50.3 Å². The summed E-state index contributed by atoms with van der Waals surface area (Å²) in [6.45, 7) is 3.77. The van der Waals surface area contributed by atoms with Crippen molar-refractivity contribution in [3.05, 3.63) is 24.3 Å². The van der Waals surface area contributed by atoms with Crippen LogP contribution in [0.4, 0.5) is 10.5 Å². The van der Waals surface area contributed by atoms with Gasteiger partial charge in [0.15, 0.2) is 0 Å². The molecule has 0 radical (unpaired) electrons. The first-order chi connectivity index (χ1) is 11.6. The van der Waals surface area contributed by atoms with Gasteiger partial charge >= 0.3 is 6.03 Å². The normalized spacial score (nSPS) is 15.9. The van der Waals surface area contributed by atoms with E-state index in [0.29, 0.717) is 25.3 Å². The van der Waals surface area contributed by atoms with E-state index in [0.717, 1.165) is 38.5 Å². The number of nitrogens with one attached hydrogen (secondary N) is 2. The van der Waals surface area contributed by atoms with Crippen molar-refractivity contribution in [1.82, 2.24) is 9.62 Å². The number of urea groups is 1.